The molecule has 0 amide bonds. The summed E-state index contributed by atoms with van der Waals surface area (Å²) in [5, 5.41) is 4.47. The number of benzene rings is 2. The second-order valence-corrected chi connectivity index (χ2v) is 12.7. The molecule has 3 aromatic heterocycles. The number of rotatable bonds is 4. The molecular weight excluding hydrogens is 499 g/mol. The number of hydrogen-bond donors (Lipinski definition) is 0. The van der Waals surface area contributed by atoms with E-state index in [9.17, 15) is 13.3 Å². The molecule has 9 nitrogen and oxygen atoms in total. The monoisotopic (exact) mass is 519 g/mol. The van der Waals surface area contributed by atoms with Crippen LogP contribution in [-0.2, 0) is 4.57 Å². The fourth-order valence-corrected chi connectivity index (χ4v) is 6.10. The van der Waals surface area contributed by atoms with Crippen LogP contribution in [0.4, 0.5) is 8.78 Å². The number of fused-ring (bicyclic) bond motifs is 6. The summed E-state index contributed by atoms with van der Waals surface area (Å²) in [6.07, 6.45) is 5.38. The lowest BCUT2D eigenvalue weighted by molar-refractivity contribution is -0.0506. The van der Waals surface area contributed by atoms with Gasteiger partial charge in [0.15, 0.2) is 11.4 Å². The quantitative estimate of drug-likeness (QED) is 0.323. The third kappa shape index (κ3) is 3.33. The molecule has 0 saturated heterocycles. The van der Waals surface area contributed by atoms with Crippen molar-refractivity contribution in [3.63, 3.8) is 0 Å². The molecule has 12 heteroatoms. The van der Waals surface area contributed by atoms with Crippen LogP contribution >= 0.6 is 7.14 Å². The van der Waals surface area contributed by atoms with Crippen LogP contribution in [0.25, 0.3) is 33.5 Å². The average molecular weight is 519 g/mol. The molecule has 0 fully saturated rings. The highest BCUT2D eigenvalue weighted by molar-refractivity contribution is 7.69. The van der Waals surface area contributed by atoms with Gasteiger partial charge < -0.3 is 13.9 Å². The van der Waals surface area contributed by atoms with Crippen molar-refractivity contribution in [3.05, 3.63) is 66.5 Å². The van der Waals surface area contributed by atoms with Gasteiger partial charge >= 0.3 is 6.61 Å². The summed E-state index contributed by atoms with van der Waals surface area (Å²) < 4.78 is 48.0. The first kappa shape index (κ1) is 22.2. The summed E-state index contributed by atoms with van der Waals surface area (Å²) >= 11 is 0. The molecule has 2 aromatic carbocycles. The Bertz CT molecular complexity index is 1740. The van der Waals surface area contributed by atoms with Gasteiger partial charge in [0.25, 0.3) is 0 Å². The van der Waals surface area contributed by atoms with Gasteiger partial charge in [-0.05, 0) is 37.1 Å². The van der Waals surface area contributed by atoms with Gasteiger partial charge in [0.2, 0.25) is 0 Å². The topological polar surface area (TPSA) is 101 Å². The summed E-state index contributed by atoms with van der Waals surface area (Å²) in [7, 11) is -2.57. The Labute approximate surface area is 209 Å². The Morgan fingerprint density at radius 2 is 1.86 bits per heavy atom. The van der Waals surface area contributed by atoms with Crippen LogP contribution in [0, 0.1) is 0 Å². The number of hydrogen-bond acceptors (Lipinski definition) is 7. The zero-order valence-corrected chi connectivity index (χ0v) is 20.7. The average Bonchev–Trinajstić information content (AvgIpc) is 3.55. The van der Waals surface area contributed by atoms with Crippen molar-refractivity contribution in [1.82, 2.24) is 34.3 Å². The Morgan fingerprint density at radius 1 is 1.05 bits per heavy atom. The number of imidazole rings is 1. The van der Waals surface area contributed by atoms with E-state index in [4.69, 9.17) is 9.72 Å². The minimum atomic E-state index is -2.96. The molecular formula is C25H20F2N7O2P. The molecule has 5 heterocycles. The fraction of sp³-hybridized carbons (Fsp3) is 0.240. The largest absolute Gasteiger partial charge is 0.434 e. The second kappa shape index (κ2) is 7.76. The minimum Gasteiger partial charge on any atom is -0.434 e. The summed E-state index contributed by atoms with van der Waals surface area (Å²) in [5.41, 5.74) is 4.93. The van der Waals surface area contributed by atoms with Crippen molar-refractivity contribution in [1.29, 1.82) is 0 Å². The number of halogens is 2. The number of nitrogens with zero attached hydrogens (tertiary/aromatic N) is 7. The Morgan fingerprint density at radius 3 is 2.62 bits per heavy atom. The normalized spacial score (nSPS) is 18.0. The van der Waals surface area contributed by atoms with Crippen LogP contribution in [0.3, 0.4) is 0 Å². The first-order valence-electron chi connectivity index (χ1n) is 11.7. The minimum absolute atomic E-state index is 0.117. The highest BCUT2D eigenvalue weighted by Gasteiger charge is 2.43. The first-order valence-corrected chi connectivity index (χ1v) is 14.3. The summed E-state index contributed by atoms with van der Waals surface area (Å²) in [4.78, 5) is 18.0. The number of ether oxygens (including phenoxy) is 1. The number of alkyl halides is 2. The standard InChI is InChI=1S/C25H20F2N7O2P/c1-37(2,35)25-28-10-14(11-29-25)13-6-7-16-17(8-13)33-18-9-19(23(33)32-16)34-22(30-12-31-34)15-4-3-5-20(21(15)18)36-24(26)27/h3-8,10-12,18-19,24H,9H2,1-2H3/t18-,19-/m0/s1. The van der Waals surface area contributed by atoms with Crippen LogP contribution in [0.5, 0.6) is 5.75 Å². The molecule has 0 spiro atoms. The van der Waals surface area contributed by atoms with Crippen molar-refractivity contribution < 1.29 is 18.1 Å². The van der Waals surface area contributed by atoms with E-state index in [0.29, 0.717) is 28.9 Å². The summed E-state index contributed by atoms with van der Waals surface area (Å²) in [6.45, 7) is 0.309. The van der Waals surface area contributed by atoms with Gasteiger partial charge in [-0.3, -0.25) is 0 Å². The van der Waals surface area contributed by atoms with E-state index in [1.165, 1.54) is 6.33 Å². The van der Waals surface area contributed by atoms with E-state index >= 15 is 0 Å². The molecule has 2 aliphatic rings. The van der Waals surface area contributed by atoms with Gasteiger partial charge in [-0.1, -0.05) is 18.2 Å². The summed E-state index contributed by atoms with van der Waals surface area (Å²) in [6, 6.07) is 10.4. The third-order valence-electron chi connectivity index (χ3n) is 6.95. The van der Waals surface area contributed by atoms with Crippen LogP contribution in [0.15, 0.2) is 55.1 Å². The van der Waals surface area contributed by atoms with E-state index in [1.807, 2.05) is 28.9 Å². The van der Waals surface area contributed by atoms with Gasteiger partial charge in [0.1, 0.15) is 31.1 Å². The van der Waals surface area contributed by atoms with Crippen molar-refractivity contribution in [2.24, 2.45) is 0 Å². The molecule has 37 heavy (non-hydrogen) atoms. The molecule has 2 atom stereocenters. The molecule has 0 radical (unpaired) electrons. The molecule has 0 unspecified atom stereocenters. The van der Waals surface area contributed by atoms with Gasteiger partial charge in [0.05, 0.1) is 17.1 Å². The molecule has 7 rings (SSSR count). The third-order valence-corrected chi connectivity index (χ3v) is 8.15. The molecule has 5 aromatic rings. The smallest absolute Gasteiger partial charge is 0.387 e. The lowest BCUT2D eigenvalue weighted by atomic mass is 9.97. The Balaban J connectivity index is 1.43. The molecule has 0 aliphatic carbocycles. The number of aromatic nitrogens is 7. The lowest BCUT2D eigenvalue weighted by Gasteiger charge is -2.21. The van der Waals surface area contributed by atoms with Gasteiger partial charge in [-0.25, -0.2) is 24.6 Å². The fourth-order valence-electron chi connectivity index (χ4n) is 5.43. The van der Waals surface area contributed by atoms with E-state index in [0.717, 1.165) is 28.0 Å². The molecule has 0 saturated carbocycles. The predicted octanol–water partition coefficient (Wildman–Crippen LogP) is 4.50. The van der Waals surface area contributed by atoms with E-state index in [1.54, 1.807) is 37.9 Å². The van der Waals surface area contributed by atoms with Crippen LogP contribution in [-0.4, -0.2) is 54.2 Å². The van der Waals surface area contributed by atoms with Crippen molar-refractivity contribution in [2.75, 3.05) is 13.3 Å². The maximum absolute atomic E-state index is 13.4. The Hall–Kier alpha value is -3.98. The zero-order valence-electron chi connectivity index (χ0n) is 19.8. The van der Waals surface area contributed by atoms with E-state index in [2.05, 4.69) is 24.6 Å². The van der Waals surface area contributed by atoms with E-state index in [-0.39, 0.29) is 17.8 Å². The van der Waals surface area contributed by atoms with Crippen molar-refractivity contribution in [2.45, 2.75) is 25.1 Å². The predicted molar refractivity (Wildman–Crippen MR) is 133 cm³/mol. The van der Waals surface area contributed by atoms with Gasteiger partial charge in [-0.15, -0.1) is 0 Å². The van der Waals surface area contributed by atoms with Crippen molar-refractivity contribution in [3.8, 4) is 28.3 Å². The first-order chi connectivity index (χ1) is 17.8. The molecule has 2 aliphatic heterocycles. The maximum atomic E-state index is 13.4. The zero-order chi connectivity index (χ0) is 25.5. The lowest BCUT2D eigenvalue weighted by Crippen LogP contribution is -2.14. The molecule has 2 bridgehead atoms. The van der Waals surface area contributed by atoms with Crippen molar-refractivity contribution >= 4 is 23.7 Å². The highest BCUT2D eigenvalue weighted by Crippen LogP contribution is 2.51. The Kier molecular flexibility index (Phi) is 4.66. The summed E-state index contributed by atoms with van der Waals surface area (Å²) in [5.74, 6) is 1.50. The van der Waals surface area contributed by atoms with Crippen LogP contribution < -0.4 is 10.3 Å². The van der Waals surface area contributed by atoms with Crippen LogP contribution in [0.2, 0.25) is 0 Å². The molecule has 0 N–H and O–H groups in total. The van der Waals surface area contributed by atoms with Gasteiger partial charge in [-0.2, -0.15) is 13.9 Å². The van der Waals surface area contributed by atoms with E-state index < -0.39 is 13.8 Å². The molecule has 186 valence electrons. The van der Waals surface area contributed by atoms with Crippen LogP contribution in [0.1, 0.15) is 29.9 Å². The highest BCUT2D eigenvalue weighted by atomic mass is 31.2. The SMILES string of the molecule is CP(C)(=O)c1ncc(-c2ccc3nc4n(c3c2)[C@H]2C[C@@H]4n3ncnc3-c3cccc(OC(F)F)c32)cn1. The second-order valence-electron chi connectivity index (χ2n) is 9.56. The van der Waals surface area contributed by atoms with Gasteiger partial charge in [0, 0.05) is 35.5 Å². The maximum Gasteiger partial charge on any atom is 0.387 e.